The lowest BCUT2D eigenvalue weighted by Crippen LogP contribution is -1.99. The van der Waals surface area contributed by atoms with Gasteiger partial charge < -0.3 is 9.47 Å². The minimum Gasteiger partial charge on any atom is -0.495 e. The maximum atomic E-state index is 8.97. The molecule has 0 heterocycles. The Kier molecular flexibility index (Phi) is 5.49. The Labute approximate surface area is 137 Å². The maximum absolute atomic E-state index is 8.97. The molecule has 0 amide bonds. The third-order valence-electron chi connectivity index (χ3n) is 2.99. The van der Waals surface area contributed by atoms with Gasteiger partial charge in [-0.1, -0.05) is 39.7 Å². The summed E-state index contributed by atoms with van der Waals surface area (Å²) in [5.74, 6) is 1.29. The Morgan fingerprint density at radius 1 is 1.24 bits per heavy atom. The van der Waals surface area contributed by atoms with Crippen molar-refractivity contribution < 1.29 is 9.47 Å². The standard InChI is InChI=1S/C16H13BrClNO2/c1-20-16-7-11(5-6-12(16)9-19)10-21-15-4-2-3-14(18)13(15)8-17/h2-7H,8,10H2,1H3. The van der Waals surface area contributed by atoms with E-state index in [1.54, 1.807) is 19.2 Å². The predicted octanol–water partition coefficient (Wildman–Crippen LogP) is 4.69. The van der Waals surface area contributed by atoms with Crippen LogP contribution in [0.2, 0.25) is 5.02 Å². The predicted molar refractivity (Wildman–Crippen MR) is 86.1 cm³/mol. The van der Waals surface area contributed by atoms with E-state index < -0.39 is 0 Å². The number of halogens is 2. The topological polar surface area (TPSA) is 42.2 Å². The lowest BCUT2D eigenvalue weighted by Gasteiger charge is -2.12. The molecule has 0 bridgehead atoms. The number of nitrogens with zero attached hydrogens (tertiary/aromatic N) is 1. The summed E-state index contributed by atoms with van der Waals surface area (Å²) in [5, 5.41) is 10.3. The monoisotopic (exact) mass is 365 g/mol. The van der Waals surface area contributed by atoms with E-state index in [1.807, 2.05) is 24.3 Å². The van der Waals surface area contributed by atoms with Crippen molar-refractivity contribution in [1.82, 2.24) is 0 Å². The molecular formula is C16H13BrClNO2. The van der Waals surface area contributed by atoms with Crippen molar-refractivity contribution in [2.24, 2.45) is 0 Å². The maximum Gasteiger partial charge on any atom is 0.137 e. The first-order chi connectivity index (χ1) is 10.2. The normalized spacial score (nSPS) is 10.0. The van der Waals surface area contributed by atoms with Gasteiger partial charge in [0.25, 0.3) is 0 Å². The Balaban J connectivity index is 2.17. The van der Waals surface area contributed by atoms with Gasteiger partial charge in [-0.3, -0.25) is 0 Å². The van der Waals surface area contributed by atoms with Crippen molar-refractivity contribution in [2.45, 2.75) is 11.9 Å². The van der Waals surface area contributed by atoms with Gasteiger partial charge in [0.2, 0.25) is 0 Å². The van der Waals surface area contributed by atoms with Gasteiger partial charge in [0.1, 0.15) is 24.2 Å². The third-order valence-corrected chi connectivity index (χ3v) is 3.91. The van der Waals surface area contributed by atoms with Crippen LogP contribution in [0, 0.1) is 11.3 Å². The van der Waals surface area contributed by atoms with Crippen molar-refractivity contribution in [3.63, 3.8) is 0 Å². The van der Waals surface area contributed by atoms with Crippen molar-refractivity contribution >= 4 is 27.5 Å². The number of rotatable bonds is 5. The van der Waals surface area contributed by atoms with Crippen LogP contribution in [0.15, 0.2) is 36.4 Å². The lowest BCUT2D eigenvalue weighted by molar-refractivity contribution is 0.303. The molecule has 2 aromatic rings. The van der Waals surface area contributed by atoms with E-state index in [4.69, 9.17) is 26.3 Å². The number of ether oxygens (including phenoxy) is 2. The number of methoxy groups -OCH3 is 1. The molecule has 0 aliphatic carbocycles. The fourth-order valence-corrected chi connectivity index (χ4v) is 2.86. The fourth-order valence-electron chi connectivity index (χ4n) is 1.88. The van der Waals surface area contributed by atoms with Gasteiger partial charge in [-0.15, -0.1) is 0 Å². The van der Waals surface area contributed by atoms with E-state index in [0.29, 0.717) is 28.3 Å². The molecule has 0 fully saturated rings. The average molecular weight is 367 g/mol. The summed E-state index contributed by atoms with van der Waals surface area (Å²) >= 11 is 9.54. The first-order valence-electron chi connectivity index (χ1n) is 6.22. The highest BCUT2D eigenvalue weighted by Crippen LogP contribution is 2.29. The summed E-state index contributed by atoms with van der Waals surface area (Å²) in [4.78, 5) is 0. The first kappa shape index (κ1) is 15.7. The molecule has 0 unspecified atom stereocenters. The second kappa shape index (κ2) is 7.35. The van der Waals surface area contributed by atoms with E-state index in [9.17, 15) is 0 Å². The molecule has 3 nitrogen and oxygen atoms in total. The zero-order valence-corrected chi connectivity index (χ0v) is 13.7. The Hall–Kier alpha value is -1.70. The van der Waals surface area contributed by atoms with Crippen LogP contribution in [0.3, 0.4) is 0 Å². The molecule has 0 radical (unpaired) electrons. The second-order valence-corrected chi connectivity index (χ2v) is 5.25. The number of hydrogen-bond acceptors (Lipinski definition) is 3. The van der Waals surface area contributed by atoms with E-state index in [2.05, 4.69) is 22.0 Å². The van der Waals surface area contributed by atoms with Crippen LogP contribution in [-0.4, -0.2) is 7.11 Å². The van der Waals surface area contributed by atoms with Crippen molar-refractivity contribution in [3.05, 3.63) is 58.1 Å². The van der Waals surface area contributed by atoms with Crippen molar-refractivity contribution in [2.75, 3.05) is 7.11 Å². The van der Waals surface area contributed by atoms with Crippen LogP contribution in [0.4, 0.5) is 0 Å². The second-order valence-electron chi connectivity index (χ2n) is 4.29. The fraction of sp³-hybridized carbons (Fsp3) is 0.188. The van der Waals surface area contributed by atoms with E-state index in [0.717, 1.165) is 16.9 Å². The minimum atomic E-state index is 0.377. The number of hydrogen-bond donors (Lipinski definition) is 0. The van der Waals surface area contributed by atoms with Crippen LogP contribution < -0.4 is 9.47 Å². The Bertz CT molecular complexity index is 682. The van der Waals surface area contributed by atoms with Gasteiger partial charge in [-0.05, 0) is 29.8 Å². The molecule has 21 heavy (non-hydrogen) atoms. The van der Waals surface area contributed by atoms with Crippen LogP contribution in [0.1, 0.15) is 16.7 Å². The molecule has 0 atom stereocenters. The van der Waals surface area contributed by atoms with Crippen LogP contribution >= 0.6 is 27.5 Å². The molecule has 0 aliphatic rings. The van der Waals surface area contributed by atoms with Gasteiger partial charge in [0, 0.05) is 15.9 Å². The summed E-state index contributed by atoms with van der Waals surface area (Å²) in [7, 11) is 1.54. The SMILES string of the molecule is COc1cc(COc2cccc(Cl)c2CBr)ccc1C#N. The number of benzene rings is 2. The van der Waals surface area contributed by atoms with Gasteiger partial charge in [0.15, 0.2) is 0 Å². The highest BCUT2D eigenvalue weighted by molar-refractivity contribution is 9.08. The quantitative estimate of drug-likeness (QED) is 0.721. The molecule has 0 saturated carbocycles. The third kappa shape index (κ3) is 3.69. The van der Waals surface area contributed by atoms with Crippen LogP contribution in [0.5, 0.6) is 11.5 Å². The van der Waals surface area contributed by atoms with Gasteiger partial charge >= 0.3 is 0 Å². The zero-order valence-electron chi connectivity index (χ0n) is 11.4. The summed E-state index contributed by atoms with van der Waals surface area (Å²) < 4.78 is 11.0. The van der Waals surface area contributed by atoms with Gasteiger partial charge in [0.05, 0.1) is 12.7 Å². The molecule has 0 N–H and O–H groups in total. The summed E-state index contributed by atoms with van der Waals surface area (Å²) in [6, 6.07) is 13.0. The molecule has 0 aliphatic heterocycles. The van der Waals surface area contributed by atoms with Crippen molar-refractivity contribution in [3.8, 4) is 17.6 Å². The molecule has 0 aromatic heterocycles. The lowest BCUT2D eigenvalue weighted by atomic mass is 10.1. The van der Waals surface area contributed by atoms with E-state index in [1.165, 1.54) is 0 Å². The highest BCUT2D eigenvalue weighted by Gasteiger charge is 2.08. The van der Waals surface area contributed by atoms with Gasteiger partial charge in [-0.2, -0.15) is 5.26 Å². The molecular weight excluding hydrogens is 354 g/mol. The molecule has 5 heteroatoms. The summed E-state index contributed by atoms with van der Waals surface area (Å²) in [5.41, 5.74) is 2.34. The first-order valence-corrected chi connectivity index (χ1v) is 7.72. The molecule has 2 rings (SSSR count). The van der Waals surface area contributed by atoms with Crippen LogP contribution in [0.25, 0.3) is 0 Å². The summed E-state index contributed by atoms with van der Waals surface area (Å²) in [6.45, 7) is 0.377. The van der Waals surface area contributed by atoms with Crippen molar-refractivity contribution in [1.29, 1.82) is 5.26 Å². The molecule has 2 aromatic carbocycles. The number of alkyl halides is 1. The smallest absolute Gasteiger partial charge is 0.137 e. The van der Waals surface area contributed by atoms with E-state index >= 15 is 0 Å². The highest BCUT2D eigenvalue weighted by atomic mass is 79.9. The Morgan fingerprint density at radius 3 is 2.71 bits per heavy atom. The van der Waals surface area contributed by atoms with Crippen LogP contribution in [-0.2, 0) is 11.9 Å². The molecule has 0 spiro atoms. The minimum absolute atomic E-state index is 0.377. The average Bonchev–Trinajstić information content (AvgIpc) is 2.52. The zero-order chi connectivity index (χ0) is 15.2. The van der Waals surface area contributed by atoms with Gasteiger partial charge in [-0.25, -0.2) is 0 Å². The molecule has 108 valence electrons. The van der Waals surface area contributed by atoms with E-state index in [-0.39, 0.29) is 0 Å². The number of nitriles is 1. The Morgan fingerprint density at radius 2 is 2.05 bits per heavy atom. The summed E-state index contributed by atoms with van der Waals surface area (Å²) in [6.07, 6.45) is 0. The largest absolute Gasteiger partial charge is 0.495 e. The molecule has 0 saturated heterocycles.